The lowest BCUT2D eigenvalue weighted by atomic mass is 10.4. The van der Waals surface area contributed by atoms with Gasteiger partial charge in [-0.25, -0.2) is 9.98 Å². The van der Waals surface area contributed by atoms with Crippen LogP contribution in [-0.4, -0.2) is 32.1 Å². The van der Waals surface area contributed by atoms with Crippen LogP contribution in [0.3, 0.4) is 0 Å². The van der Waals surface area contributed by atoms with Crippen molar-refractivity contribution in [1.29, 1.82) is 0 Å². The average Bonchev–Trinajstić information content (AvgIpc) is 3.24. The number of hydrogen-bond acceptors (Lipinski definition) is 5. The van der Waals surface area contributed by atoms with Gasteiger partial charge in [0.2, 0.25) is 0 Å². The minimum absolute atomic E-state index is 0. The third-order valence-electron chi connectivity index (χ3n) is 3.46. The highest BCUT2D eigenvalue weighted by molar-refractivity contribution is 14.0. The van der Waals surface area contributed by atoms with E-state index in [2.05, 4.69) is 37.7 Å². The predicted molar refractivity (Wildman–Crippen MR) is 112 cm³/mol. The molecule has 9 heteroatoms. The van der Waals surface area contributed by atoms with Crippen molar-refractivity contribution in [3.8, 4) is 0 Å². The molecule has 3 rings (SSSR count). The lowest BCUT2D eigenvalue weighted by molar-refractivity contribution is 0.796. The van der Waals surface area contributed by atoms with E-state index in [1.807, 2.05) is 41.9 Å². The summed E-state index contributed by atoms with van der Waals surface area (Å²) >= 11 is 1.73. The van der Waals surface area contributed by atoms with E-state index in [4.69, 9.17) is 0 Å². The fourth-order valence-corrected chi connectivity index (χ4v) is 3.04. The Morgan fingerprint density at radius 2 is 2.12 bits per heavy atom. The molecule has 0 aliphatic rings. The van der Waals surface area contributed by atoms with Gasteiger partial charge in [0, 0.05) is 23.8 Å². The van der Waals surface area contributed by atoms with E-state index in [9.17, 15) is 0 Å². The van der Waals surface area contributed by atoms with Crippen molar-refractivity contribution in [2.24, 2.45) is 4.99 Å². The summed E-state index contributed by atoms with van der Waals surface area (Å²) in [6, 6.07) is 5.83. The van der Waals surface area contributed by atoms with E-state index < -0.39 is 0 Å². The fourth-order valence-electron chi connectivity index (χ4n) is 2.24. The van der Waals surface area contributed by atoms with Crippen molar-refractivity contribution in [1.82, 2.24) is 30.2 Å². The highest BCUT2D eigenvalue weighted by Gasteiger charge is 2.06. The Morgan fingerprint density at radius 1 is 1.24 bits per heavy atom. The lowest BCUT2D eigenvalue weighted by Crippen LogP contribution is -2.36. The standard InChI is InChI=1S/C16H21N7S.HI/c1-3-12-9-18-15(24-12)11-20-16(17-4-2)19-10-14-22-21-13-7-5-6-8-23(13)14;/h5-9H,3-4,10-11H2,1-2H3,(H2,17,19,20);1H. The summed E-state index contributed by atoms with van der Waals surface area (Å²) in [4.78, 5) is 10.3. The van der Waals surface area contributed by atoms with Crippen LogP contribution in [0.4, 0.5) is 0 Å². The number of aliphatic imine (C=N–C) groups is 1. The first-order valence-corrected chi connectivity index (χ1v) is 8.86. The maximum Gasteiger partial charge on any atom is 0.192 e. The minimum atomic E-state index is 0. The van der Waals surface area contributed by atoms with Gasteiger partial charge in [-0.3, -0.25) is 4.40 Å². The number of pyridine rings is 1. The molecule has 7 nitrogen and oxygen atoms in total. The van der Waals surface area contributed by atoms with Gasteiger partial charge < -0.3 is 10.6 Å². The molecule has 134 valence electrons. The molecule has 0 atom stereocenters. The van der Waals surface area contributed by atoms with Crippen LogP contribution >= 0.6 is 35.3 Å². The van der Waals surface area contributed by atoms with Gasteiger partial charge in [0.1, 0.15) is 11.6 Å². The molecule has 0 amide bonds. The molecular formula is C16H22IN7S. The molecule has 0 aliphatic carbocycles. The van der Waals surface area contributed by atoms with Crippen molar-refractivity contribution in [2.45, 2.75) is 33.4 Å². The number of aromatic nitrogens is 4. The second-order valence-electron chi connectivity index (χ2n) is 5.17. The van der Waals surface area contributed by atoms with Crippen molar-refractivity contribution >= 4 is 46.9 Å². The molecule has 0 fully saturated rings. The lowest BCUT2D eigenvalue weighted by Gasteiger charge is -2.09. The first kappa shape index (κ1) is 19.6. The third kappa shape index (κ3) is 5.11. The molecule has 0 aliphatic heterocycles. The van der Waals surface area contributed by atoms with Crippen LogP contribution in [0, 0.1) is 0 Å². The Balaban J connectivity index is 0.00000225. The van der Waals surface area contributed by atoms with Crippen molar-refractivity contribution < 1.29 is 0 Å². The number of nitrogens with zero attached hydrogens (tertiary/aromatic N) is 5. The van der Waals surface area contributed by atoms with Crippen molar-refractivity contribution in [2.75, 3.05) is 6.54 Å². The number of halogens is 1. The molecule has 0 spiro atoms. The van der Waals surface area contributed by atoms with Crippen LogP contribution < -0.4 is 10.6 Å². The molecule has 2 N–H and O–H groups in total. The zero-order chi connectivity index (χ0) is 16.8. The zero-order valence-electron chi connectivity index (χ0n) is 14.3. The van der Waals surface area contributed by atoms with Gasteiger partial charge in [-0.2, -0.15) is 0 Å². The summed E-state index contributed by atoms with van der Waals surface area (Å²) in [7, 11) is 0. The zero-order valence-corrected chi connectivity index (χ0v) is 17.4. The maximum atomic E-state index is 4.60. The number of rotatable bonds is 6. The third-order valence-corrected chi connectivity index (χ3v) is 4.61. The number of aryl methyl sites for hydroxylation is 1. The van der Waals surface area contributed by atoms with E-state index in [0.717, 1.165) is 35.4 Å². The van der Waals surface area contributed by atoms with E-state index in [1.54, 1.807) is 11.3 Å². The first-order chi connectivity index (χ1) is 11.8. The molecule has 0 saturated heterocycles. The highest BCUT2D eigenvalue weighted by Crippen LogP contribution is 2.12. The van der Waals surface area contributed by atoms with Gasteiger partial charge in [0.05, 0.1) is 6.54 Å². The number of guanidine groups is 1. The summed E-state index contributed by atoms with van der Waals surface area (Å²) in [5.74, 6) is 1.56. The number of fused-ring (bicyclic) bond motifs is 1. The second-order valence-corrected chi connectivity index (χ2v) is 6.37. The monoisotopic (exact) mass is 471 g/mol. The van der Waals surface area contributed by atoms with Gasteiger partial charge in [-0.05, 0) is 25.5 Å². The maximum absolute atomic E-state index is 4.60. The Kier molecular flexibility index (Phi) is 7.56. The normalized spacial score (nSPS) is 11.4. The first-order valence-electron chi connectivity index (χ1n) is 8.04. The number of hydrogen-bond donors (Lipinski definition) is 2. The molecule has 3 aromatic heterocycles. The van der Waals surface area contributed by atoms with E-state index in [-0.39, 0.29) is 24.0 Å². The Bertz CT molecular complexity index is 827. The molecular weight excluding hydrogens is 449 g/mol. The van der Waals surface area contributed by atoms with Gasteiger partial charge in [0.15, 0.2) is 17.4 Å². The summed E-state index contributed by atoms with van der Waals surface area (Å²) in [6.45, 7) is 6.10. The fraction of sp³-hybridized carbons (Fsp3) is 0.375. The molecule has 25 heavy (non-hydrogen) atoms. The van der Waals surface area contributed by atoms with Gasteiger partial charge >= 0.3 is 0 Å². The highest BCUT2D eigenvalue weighted by atomic mass is 127. The van der Waals surface area contributed by atoms with Crippen LogP contribution in [0.1, 0.15) is 29.6 Å². The SMILES string of the molecule is CCNC(=NCc1nnc2ccccn12)NCc1ncc(CC)s1.I. The van der Waals surface area contributed by atoms with Crippen LogP contribution in [0.25, 0.3) is 5.65 Å². The van der Waals surface area contributed by atoms with Crippen LogP contribution in [0.15, 0.2) is 35.6 Å². The largest absolute Gasteiger partial charge is 0.357 e. The van der Waals surface area contributed by atoms with Gasteiger partial charge in [-0.15, -0.1) is 45.5 Å². The van der Waals surface area contributed by atoms with Crippen LogP contribution in [0.5, 0.6) is 0 Å². The molecule has 0 unspecified atom stereocenters. The Morgan fingerprint density at radius 3 is 2.88 bits per heavy atom. The summed E-state index contributed by atoms with van der Waals surface area (Å²) in [6.07, 6.45) is 4.91. The number of nitrogens with one attached hydrogen (secondary N) is 2. The Hall–Kier alpha value is -1.75. The molecule has 0 saturated carbocycles. The minimum Gasteiger partial charge on any atom is -0.357 e. The quantitative estimate of drug-likeness (QED) is 0.328. The summed E-state index contributed by atoms with van der Waals surface area (Å²) in [5, 5.41) is 16.0. The van der Waals surface area contributed by atoms with Gasteiger partial charge in [-0.1, -0.05) is 13.0 Å². The smallest absolute Gasteiger partial charge is 0.192 e. The van der Waals surface area contributed by atoms with E-state index in [1.165, 1.54) is 4.88 Å². The molecule has 3 aromatic rings. The van der Waals surface area contributed by atoms with Crippen LogP contribution in [-0.2, 0) is 19.5 Å². The molecule has 0 radical (unpaired) electrons. The van der Waals surface area contributed by atoms with E-state index >= 15 is 0 Å². The molecule has 0 aromatic carbocycles. The summed E-state index contributed by atoms with van der Waals surface area (Å²) in [5.41, 5.74) is 0.829. The molecule has 0 bridgehead atoms. The topological polar surface area (TPSA) is 79.5 Å². The molecule has 3 heterocycles. The van der Waals surface area contributed by atoms with E-state index in [0.29, 0.717) is 13.1 Å². The van der Waals surface area contributed by atoms with Crippen LogP contribution in [0.2, 0.25) is 0 Å². The number of thiazole rings is 1. The summed E-state index contributed by atoms with van der Waals surface area (Å²) < 4.78 is 1.95. The Labute approximate surface area is 168 Å². The van der Waals surface area contributed by atoms with Crippen molar-refractivity contribution in [3.05, 3.63) is 46.3 Å². The average molecular weight is 471 g/mol. The van der Waals surface area contributed by atoms with Crippen molar-refractivity contribution in [3.63, 3.8) is 0 Å². The predicted octanol–water partition coefficient (Wildman–Crippen LogP) is 2.62. The second kappa shape index (κ2) is 9.66. The van der Waals surface area contributed by atoms with Gasteiger partial charge in [0.25, 0.3) is 0 Å².